The molecule has 8 heteroatoms. The van der Waals surface area contributed by atoms with Crippen molar-refractivity contribution in [2.24, 2.45) is 0 Å². The Labute approximate surface area is 190 Å². The first-order chi connectivity index (χ1) is 14.8. The lowest BCUT2D eigenvalue weighted by molar-refractivity contribution is -0.123. The lowest BCUT2D eigenvalue weighted by Crippen LogP contribution is -2.27. The molecule has 4 rings (SSSR count). The van der Waals surface area contributed by atoms with E-state index in [4.69, 9.17) is 9.52 Å². The molecule has 2 heterocycles. The molecule has 1 aliphatic heterocycles. The summed E-state index contributed by atoms with van der Waals surface area (Å²) < 4.78 is 6.67. The maximum Gasteiger partial charge on any atom is 0.335 e. The van der Waals surface area contributed by atoms with E-state index in [1.165, 1.54) is 11.0 Å². The van der Waals surface area contributed by atoms with Crippen LogP contribution in [0.25, 0.3) is 17.4 Å². The average Bonchev–Trinajstić information content (AvgIpc) is 3.29. The fourth-order valence-electron chi connectivity index (χ4n) is 3.21. The normalized spacial score (nSPS) is 15.2. The maximum atomic E-state index is 12.8. The Morgan fingerprint density at radius 1 is 1.16 bits per heavy atom. The second-order valence-electron chi connectivity index (χ2n) is 6.90. The third kappa shape index (κ3) is 4.35. The molecule has 1 saturated heterocycles. The van der Waals surface area contributed by atoms with Gasteiger partial charge in [-0.2, -0.15) is 0 Å². The number of imide groups is 1. The summed E-state index contributed by atoms with van der Waals surface area (Å²) in [5, 5.41) is 8.78. The van der Waals surface area contributed by atoms with Crippen molar-refractivity contribution < 1.29 is 23.9 Å². The monoisotopic (exact) mass is 497 g/mol. The minimum absolute atomic E-state index is 0.182. The summed E-state index contributed by atoms with van der Waals surface area (Å²) in [4.78, 5) is 37.8. The van der Waals surface area contributed by atoms with E-state index in [9.17, 15) is 14.4 Å². The van der Waals surface area contributed by atoms with Crippen LogP contribution in [0.4, 0.5) is 4.79 Å². The van der Waals surface area contributed by atoms with Gasteiger partial charge in [-0.15, -0.1) is 0 Å². The van der Waals surface area contributed by atoms with Gasteiger partial charge in [0.25, 0.3) is 11.1 Å². The number of benzene rings is 2. The molecule has 1 aromatic heterocycles. The summed E-state index contributed by atoms with van der Waals surface area (Å²) in [6.45, 7) is 1.99. The first-order valence-electron chi connectivity index (χ1n) is 9.26. The quantitative estimate of drug-likeness (QED) is 0.438. The van der Waals surface area contributed by atoms with Crippen LogP contribution < -0.4 is 0 Å². The SMILES string of the molecule is Cc1cc(C(=O)O)ccc1-c1ccc(/C=C2\SC(=O)N(Cc3ccccc3Br)C2=O)o1. The molecule has 6 nitrogen and oxygen atoms in total. The number of carboxylic acid groups (broad SMARTS) is 1. The van der Waals surface area contributed by atoms with Gasteiger partial charge in [-0.3, -0.25) is 14.5 Å². The van der Waals surface area contributed by atoms with Crippen LogP contribution in [-0.4, -0.2) is 27.1 Å². The molecular weight excluding hydrogens is 482 g/mol. The van der Waals surface area contributed by atoms with E-state index in [0.717, 1.165) is 32.9 Å². The average molecular weight is 498 g/mol. The number of carbonyl (C=O) groups excluding carboxylic acids is 2. The summed E-state index contributed by atoms with van der Waals surface area (Å²) >= 11 is 4.31. The number of furan rings is 1. The van der Waals surface area contributed by atoms with E-state index in [2.05, 4.69) is 15.9 Å². The number of nitrogens with zero attached hydrogens (tertiary/aromatic N) is 1. The molecule has 0 aliphatic carbocycles. The van der Waals surface area contributed by atoms with Crippen molar-refractivity contribution in [1.29, 1.82) is 0 Å². The van der Waals surface area contributed by atoms with Gasteiger partial charge in [0.05, 0.1) is 17.0 Å². The van der Waals surface area contributed by atoms with Gasteiger partial charge in [-0.25, -0.2) is 4.79 Å². The van der Waals surface area contributed by atoms with Gasteiger partial charge in [0.15, 0.2) is 0 Å². The van der Waals surface area contributed by atoms with Gasteiger partial charge in [0.1, 0.15) is 11.5 Å². The number of halogens is 1. The van der Waals surface area contributed by atoms with Crippen molar-refractivity contribution in [3.8, 4) is 11.3 Å². The van der Waals surface area contributed by atoms with Crippen LogP contribution in [0.15, 0.2) is 68.4 Å². The highest BCUT2D eigenvalue weighted by Gasteiger charge is 2.35. The van der Waals surface area contributed by atoms with Gasteiger partial charge in [0, 0.05) is 16.1 Å². The molecule has 0 bridgehead atoms. The predicted molar refractivity (Wildman–Crippen MR) is 121 cm³/mol. The zero-order valence-corrected chi connectivity index (χ0v) is 18.7. The number of carboxylic acids is 1. The van der Waals surface area contributed by atoms with Crippen LogP contribution in [0.2, 0.25) is 0 Å². The Hall–Kier alpha value is -3.10. The summed E-state index contributed by atoms with van der Waals surface area (Å²) in [5.74, 6) is -0.380. The fourth-order valence-corrected chi connectivity index (χ4v) is 4.44. The van der Waals surface area contributed by atoms with E-state index >= 15 is 0 Å². The Bertz CT molecular complexity index is 1250. The molecule has 0 atom stereocenters. The van der Waals surface area contributed by atoms with Crippen molar-refractivity contribution in [2.75, 3.05) is 0 Å². The first kappa shape index (κ1) is 21.1. The van der Waals surface area contributed by atoms with Gasteiger partial charge < -0.3 is 9.52 Å². The van der Waals surface area contributed by atoms with Gasteiger partial charge in [0.2, 0.25) is 0 Å². The largest absolute Gasteiger partial charge is 0.478 e. The lowest BCUT2D eigenvalue weighted by atomic mass is 10.0. The lowest BCUT2D eigenvalue weighted by Gasteiger charge is -2.13. The maximum absolute atomic E-state index is 12.8. The third-order valence-corrected chi connectivity index (χ3v) is 6.48. The molecule has 0 radical (unpaired) electrons. The van der Waals surface area contributed by atoms with Crippen LogP contribution in [0.3, 0.4) is 0 Å². The highest BCUT2D eigenvalue weighted by Crippen LogP contribution is 2.35. The molecule has 3 aromatic rings. The van der Waals surface area contributed by atoms with Crippen molar-refractivity contribution in [1.82, 2.24) is 4.90 Å². The number of hydrogen-bond donors (Lipinski definition) is 1. The Kier molecular flexibility index (Phi) is 5.84. The minimum Gasteiger partial charge on any atom is -0.478 e. The van der Waals surface area contributed by atoms with Gasteiger partial charge >= 0.3 is 5.97 Å². The number of aryl methyl sites for hydroxylation is 1. The number of amides is 2. The summed E-state index contributed by atoms with van der Waals surface area (Å²) in [7, 11) is 0. The molecular formula is C23H16BrNO5S. The zero-order chi connectivity index (χ0) is 22.1. The van der Waals surface area contributed by atoms with Gasteiger partial charge in [-0.1, -0.05) is 40.2 Å². The highest BCUT2D eigenvalue weighted by molar-refractivity contribution is 9.10. The summed E-state index contributed by atoms with van der Waals surface area (Å²) in [6, 6.07) is 15.7. The van der Waals surface area contributed by atoms with Crippen LogP contribution in [-0.2, 0) is 11.3 Å². The second-order valence-corrected chi connectivity index (χ2v) is 8.74. The second kappa shape index (κ2) is 8.56. The summed E-state index contributed by atoms with van der Waals surface area (Å²) in [6.07, 6.45) is 1.55. The van der Waals surface area contributed by atoms with E-state index in [1.54, 1.807) is 37.3 Å². The molecule has 1 fully saturated rings. The Balaban J connectivity index is 1.56. The van der Waals surface area contributed by atoms with Crippen LogP contribution in [0, 0.1) is 6.92 Å². The molecule has 1 N–H and O–H groups in total. The number of aromatic carboxylic acids is 1. The molecule has 2 amide bonds. The van der Waals surface area contributed by atoms with Crippen LogP contribution in [0.1, 0.15) is 27.2 Å². The van der Waals surface area contributed by atoms with E-state index in [1.807, 2.05) is 24.3 Å². The third-order valence-electron chi connectivity index (χ3n) is 4.80. The molecule has 0 saturated carbocycles. The predicted octanol–water partition coefficient (Wildman–Crippen LogP) is 5.95. The highest BCUT2D eigenvalue weighted by atomic mass is 79.9. The van der Waals surface area contributed by atoms with Crippen molar-refractivity contribution in [3.63, 3.8) is 0 Å². The van der Waals surface area contributed by atoms with Crippen LogP contribution >= 0.6 is 27.7 Å². The number of carbonyl (C=O) groups is 3. The summed E-state index contributed by atoms with van der Waals surface area (Å²) in [5.41, 5.74) is 2.56. The standard InChI is InChI=1S/C23H16BrNO5S/c1-13-10-14(22(27)28)6-8-17(13)19-9-7-16(30-19)11-20-21(26)25(23(29)31-20)12-15-4-2-3-5-18(15)24/h2-11H,12H2,1H3,(H,27,28)/b20-11-. The van der Waals surface area contributed by atoms with E-state index in [-0.39, 0.29) is 28.2 Å². The van der Waals surface area contributed by atoms with Crippen LogP contribution in [0.5, 0.6) is 0 Å². The van der Waals surface area contributed by atoms with E-state index in [0.29, 0.717) is 11.5 Å². The molecule has 156 valence electrons. The number of hydrogen-bond acceptors (Lipinski definition) is 5. The molecule has 0 unspecified atom stereocenters. The fraction of sp³-hybridized carbons (Fsp3) is 0.0870. The zero-order valence-electron chi connectivity index (χ0n) is 16.3. The first-order valence-corrected chi connectivity index (χ1v) is 10.9. The van der Waals surface area contributed by atoms with Crippen molar-refractivity contribution in [3.05, 3.63) is 86.4 Å². The number of thioether (sulfide) groups is 1. The van der Waals surface area contributed by atoms with Gasteiger partial charge in [-0.05, 0) is 60.1 Å². The Morgan fingerprint density at radius 3 is 2.65 bits per heavy atom. The molecule has 1 aliphatic rings. The Morgan fingerprint density at radius 2 is 1.94 bits per heavy atom. The minimum atomic E-state index is -0.993. The van der Waals surface area contributed by atoms with Crippen molar-refractivity contribution >= 4 is 50.9 Å². The topological polar surface area (TPSA) is 87.8 Å². The smallest absolute Gasteiger partial charge is 0.335 e. The van der Waals surface area contributed by atoms with Crippen molar-refractivity contribution in [2.45, 2.75) is 13.5 Å². The van der Waals surface area contributed by atoms with E-state index < -0.39 is 5.97 Å². The molecule has 0 spiro atoms. The number of rotatable bonds is 5. The molecule has 2 aromatic carbocycles. The molecule has 31 heavy (non-hydrogen) atoms.